The first-order chi connectivity index (χ1) is 11.1. The molecule has 122 valence electrons. The second-order valence-corrected chi connectivity index (χ2v) is 7.34. The van der Waals surface area contributed by atoms with Gasteiger partial charge in [-0.2, -0.15) is 0 Å². The van der Waals surface area contributed by atoms with Crippen molar-refractivity contribution >= 4 is 21.7 Å². The zero-order chi connectivity index (χ0) is 16.3. The van der Waals surface area contributed by atoms with Crippen molar-refractivity contribution in [3.63, 3.8) is 0 Å². The number of fused-ring (bicyclic) bond motifs is 1. The third-order valence-electron chi connectivity index (χ3n) is 5.47. The maximum Gasteiger partial charge on any atom is 0.161 e. The van der Waals surface area contributed by atoms with E-state index < -0.39 is 0 Å². The van der Waals surface area contributed by atoms with Crippen LogP contribution in [0.1, 0.15) is 38.2 Å². The molecule has 2 aliphatic rings. The molecule has 0 amide bonds. The van der Waals surface area contributed by atoms with E-state index in [9.17, 15) is 4.79 Å². The fraction of sp³-hybridized carbons (Fsp3) is 0.450. The van der Waals surface area contributed by atoms with Gasteiger partial charge in [-0.15, -0.1) is 0 Å². The fourth-order valence-electron chi connectivity index (χ4n) is 4.12. The third kappa shape index (κ3) is 3.30. The molecule has 0 bridgehead atoms. The number of hydrogen-bond donors (Lipinski definition) is 1. The maximum absolute atomic E-state index is 12.5. The summed E-state index contributed by atoms with van der Waals surface area (Å²) in [5.41, 5.74) is 3.73. The van der Waals surface area contributed by atoms with E-state index in [1.165, 1.54) is 17.6 Å². The van der Waals surface area contributed by atoms with E-state index in [0.29, 0.717) is 18.1 Å². The van der Waals surface area contributed by atoms with Crippen molar-refractivity contribution in [3.05, 3.63) is 58.2 Å². The fourth-order valence-corrected chi connectivity index (χ4v) is 4.67. The lowest BCUT2D eigenvalue weighted by atomic mass is 9.66. The summed E-state index contributed by atoms with van der Waals surface area (Å²) in [4.78, 5) is 14.6. The molecule has 1 aromatic carbocycles. The molecule has 0 heterocycles. The summed E-state index contributed by atoms with van der Waals surface area (Å²) in [7, 11) is 0. The average Bonchev–Trinajstić information content (AvgIpc) is 2.83. The summed E-state index contributed by atoms with van der Waals surface area (Å²) < 4.78 is 0. The van der Waals surface area contributed by atoms with Gasteiger partial charge in [0.05, 0.1) is 0 Å². The number of allylic oxidation sites excluding steroid dienone is 2. The molecule has 1 N–H and O–H groups in total. The van der Waals surface area contributed by atoms with Crippen LogP contribution in [0.15, 0.2) is 52.7 Å². The first kappa shape index (κ1) is 16.5. The van der Waals surface area contributed by atoms with Gasteiger partial charge in [-0.3, -0.25) is 4.79 Å². The Labute approximate surface area is 147 Å². The van der Waals surface area contributed by atoms with Crippen LogP contribution in [-0.4, -0.2) is 12.3 Å². The molecule has 0 aliphatic heterocycles. The molecule has 2 aliphatic carbocycles. The Kier molecular flexibility index (Phi) is 5.05. The smallest absolute Gasteiger partial charge is 0.161 e. The van der Waals surface area contributed by atoms with Crippen molar-refractivity contribution < 1.29 is 4.79 Å². The van der Waals surface area contributed by atoms with E-state index in [2.05, 4.69) is 52.4 Å². The number of carbonyl (C=O) groups is 1. The molecule has 2 atom stereocenters. The van der Waals surface area contributed by atoms with Crippen molar-refractivity contribution in [1.29, 1.82) is 0 Å². The van der Waals surface area contributed by atoms with Crippen molar-refractivity contribution in [3.8, 4) is 0 Å². The number of carbonyl (C=O) groups excluding carboxylic acids is 1. The first-order valence-corrected chi connectivity index (χ1v) is 9.37. The van der Waals surface area contributed by atoms with Gasteiger partial charge in [0, 0.05) is 30.2 Å². The summed E-state index contributed by atoms with van der Waals surface area (Å²) in [6.07, 6.45) is 7.04. The van der Waals surface area contributed by atoms with Gasteiger partial charge >= 0.3 is 0 Å². The largest absolute Gasteiger partial charge is 0.390 e. The van der Waals surface area contributed by atoms with Gasteiger partial charge in [0.15, 0.2) is 5.78 Å². The van der Waals surface area contributed by atoms with E-state index >= 15 is 0 Å². The predicted octanol–water partition coefficient (Wildman–Crippen LogP) is 4.76. The molecular formula is C20H24BrNO. The normalized spacial score (nSPS) is 30.7. The van der Waals surface area contributed by atoms with E-state index in [1.54, 1.807) is 0 Å². The van der Waals surface area contributed by atoms with E-state index in [4.69, 9.17) is 0 Å². The summed E-state index contributed by atoms with van der Waals surface area (Å²) in [5.74, 6) is 0.698. The molecule has 0 aromatic heterocycles. The molecular weight excluding hydrogens is 350 g/mol. The highest BCUT2D eigenvalue weighted by Crippen LogP contribution is 2.55. The Bertz CT molecular complexity index is 634. The van der Waals surface area contributed by atoms with Crippen LogP contribution >= 0.6 is 15.9 Å². The Morgan fingerprint density at radius 2 is 2.13 bits per heavy atom. The number of benzene rings is 1. The van der Waals surface area contributed by atoms with Crippen molar-refractivity contribution in [2.45, 2.75) is 39.0 Å². The molecule has 2 saturated carbocycles. The lowest BCUT2D eigenvalue weighted by Gasteiger charge is -2.38. The molecule has 2 nitrogen and oxygen atoms in total. The van der Waals surface area contributed by atoms with Gasteiger partial charge < -0.3 is 5.32 Å². The van der Waals surface area contributed by atoms with E-state index in [0.717, 1.165) is 31.4 Å². The van der Waals surface area contributed by atoms with Crippen molar-refractivity contribution in [1.82, 2.24) is 5.32 Å². The number of rotatable bonds is 4. The lowest BCUT2D eigenvalue weighted by molar-refractivity contribution is -0.114. The first-order valence-electron chi connectivity index (χ1n) is 8.45. The van der Waals surface area contributed by atoms with Gasteiger partial charge in [0.2, 0.25) is 0 Å². The number of nitrogens with one attached hydrogen (secondary N) is 1. The minimum absolute atomic E-state index is 0.00861. The van der Waals surface area contributed by atoms with Crippen LogP contribution in [0.25, 0.3) is 0 Å². The van der Waals surface area contributed by atoms with Gasteiger partial charge in [-0.05, 0) is 42.1 Å². The van der Waals surface area contributed by atoms with Crippen LogP contribution in [0, 0.1) is 11.3 Å². The van der Waals surface area contributed by atoms with Gasteiger partial charge in [-0.25, -0.2) is 0 Å². The highest BCUT2D eigenvalue weighted by molar-refractivity contribution is 9.11. The Morgan fingerprint density at radius 1 is 1.35 bits per heavy atom. The van der Waals surface area contributed by atoms with E-state index in [-0.39, 0.29) is 5.41 Å². The second kappa shape index (κ2) is 7.04. The van der Waals surface area contributed by atoms with Crippen LogP contribution in [0.3, 0.4) is 0 Å². The van der Waals surface area contributed by atoms with Crippen molar-refractivity contribution in [2.24, 2.45) is 11.3 Å². The predicted molar refractivity (Wildman–Crippen MR) is 98.3 cm³/mol. The van der Waals surface area contributed by atoms with Gasteiger partial charge in [-0.1, -0.05) is 58.8 Å². The minimum atomic E-state index is 0.00861. The van der Waals surface area contributed by atoms with Gasteiger partial charge in [0.1, 0.15) is 0 Å². The molecule has 0 saturated heterocycles. The highest BCUT2D eigenvalue weighted by Gasteiger charge is 2.50. The SMILES string of the molecule is C[C@]12CCC/C(=C\Br)[C@@H]1CC(=O)C2=CNCCc1ccccc1. The molecule has 23 heavy (non-hydrogen) atoms. The molecule has 2 fully saturated rings. The standard InChI is InChI=1S/C20H24BrNO/c1-20-10-5-8-16(13-21)17(20)12-19(23)18(20)14-22-11-9-15-6-3-2-4-7-15/h2-4,6-7,13-14,17,22H,5,8-12H2,1H3/b16-13+,18-14?/t17-,20-/m0/s1. The number of halogens is 1. The molecule has 0 radical (unpaired) electrons. The number of ketones is 1. The zero-order valence-corrected chi connectivity index (χ0v) is 15.2. The molecule has 0 unspecified atom stereocenters. The molecule has 1 aromatic rings. The Morgan fingerprint density at radius 3 is 2.87 bits per heavy atom. The topological polar surface area (TPSA) is 29.1 Å². The molecule has 3 rings (SSSR count). The van der Waals surface area contributed by atoms with Crippen LogP contribution in [-0.2, 0) is 11.2 Å². The van der Waals surface area contributed by atoms with Crippen LogP contribution in [0.2, 0.25) is 0 Å². The van der Waals surface area contributed by atoms with Gasteiger partial charge in [0.25, 0.3) is 0 Å². The third-order valence-corrected chi connectivity index (χ3v) is 6.06. The quantitative estimate of drug-likeness (QED) is 0.608. The Hall–Kier alpha value is -1.35. The average molecular weight is 374 g/mol. The summed E-state index contributed by atoms with van der Waals surface area (Å²) in [5, 5.41) is 3.38. The van der Waals surface area contributed by atoms with Crippen LogP contribution in [0.5, 0.6) is 0 Å². The molecule has 0 spiro atoms. The molecule has 3 heteroatoms. The minimum Gasteiger partial charge on any atom is -0.390 e. The second-order valence-electron chi connectivity index (χ2n) is 6.88. The Balaban J connectivity index is 1.68. The van der Waals surface area contributed by atoms with Crippen molar-refractivity contribution in [2.75, 3.05) is 6.54 Å². The van der Waals surface area contributed by atoms with Crippen LogP contribution in [0.4, 0.5) is 0 Å². The monoisotopic (exact) mass is 373 g/mol. The number of Topliss-reactive ketones (excluding diaryl/α,β-unsaturated/α-hetero) is 1. The highest BCUT2D eigenvalue weighted by atomic mass is 79.9. The van der Waals surface area contributed by atoms with E-state index in [1.807, 2.05) is 17.3 Å². The van der Waals surface area contributed by atoms with Crippen LogP contribution < -0.4 is 5.32 Å². The maximum atomic E-state index is 12.5. The summed E-state index contributed by atoms with van der Waals surface area (Å²) in [6.45, 7) is 3.13. The lowest BCUT2D eigenvalue weighted by Crippen LogP contribution is -2.30. The zero-order valence-electron chi connectivity index (χ0n) is 13.6. The summed E-state index contributed by atoms with van der Waals surface area (Å²) in [6, 6.07) is 10.4. The summed E-state index contributed by atoms with van der Waals surface area (Å²) >= 11 is 3.49. The number of hydrogen-bond acceptors (Lipinski definition) is 2.